The van der Waals surface area contributed by atoms with E-state index in [1.165, 1.54) is 5.56 Å². The molecule has 23 heavy (non-hydrogen) atoms. The van der Waals surface area contributed by atoms with Gasteiger partial charge in [0.1, 0.15) is 5.60 Å². The van der Waals surface area contributed by atoms with Crippen molar-refractivity contribution in [3.8, 4) is 0 Å². The van der Waals surface area contributed by atoms with Crippen LogP contribution in [-0.2, 0) is 11.2 Å². The number of likely N-dealkylation sites (tertiary alicyclic amines) is 1. The van der Waals surface area contributed by atoms with Gasteiger partial charge in [0.15, 0.2) is 0 Å². The maximum Gasteiger partial charge on any atom is 0.410 e. The molecule has 0 aromatic heterocycles. The van der Waals surface area contributed by atoms with Crippen molar-refractivity contribution in [1.82, 2.24) is 10.2 Å². The van der Waals surface area contributed by atoms with Gasteiger partial charge in [-0.05, 0) is 70.3 Å². The summed E-state index contributed by atoms with van der Waals surface area (Å²) in [5.74, 6) is 0.521. The Hall–Kier alpha value is -1.07. The molecule has 1 aliphatic heterocycles. The maximum atomic E-state index is 12.0. The van der Waals surface area contributed by atoms with Crippen LogP contribution in [0.5, 0.6) is 0 Å². The molecule has 5 heteroatoms. The van der Waals surface area contributed by atoms with Crippen molar-refractivity contribution >= 4 is 22.0 Å². The number of hydrogen-bond donors (Lipinski definition) is 1. The van der Waals surface area contributed by atoms with Gasteiger partial charge in [-0.3, -0.25) is 0 Å². The first kappa shape index (κ1) is 18.3. The Morgan fingerprint density at radius 3 is 2.70 bits per heavy atom. The second-order valence-electron chi connectivity index (χ2n) is 7.16. The lowest BCUT2D eigenvalue weighted by Gasteiger charge is -2.24. The van der Waals surface area contributed by atoms with Crippen LogP contribution in [0, 0.1) is 5.92 Å². The molecule has 1 aromatic rings. The quantitative estimate of drug-likeness (QED) is 0.786. The topological polar surface area (TPSA) is 41.6 Å². The van der Waals surface area contributed by atoms with Gasteiger partial charge in [-0.1, -0.05) is 28.1 Å². The fraction of sp³-hybridized carbons (Fsp3) is 0.611. The van der Waals surface area contributed by atoms with Gasteiger partial charge in [0.2, 0.25) is 0 Å². The normalized spacial score (nSPS) is 18.3. The summed E-state index contributed by atoms with van der Waals surface area (Å²) in [5.41, 5.74) is 0.917. The number of hydrogen-bond acceptors (Lipinski definition) is 3. The second kappa shape index (κ2) is 8.15. The number of ether oxygens (including phenoxy) is 1. The van der Waals surface area contributed by atoms with Crippen LogP contribution in [0.15, 0.2) is 28.7 Å². The molecule has 1 saturated heterocycles. The minimum atomic E-state index is -0.419. The minimum Gasteiger partial charge on any atom is -0.444 e. The summed E-state index contributed by atoms with van der Waals surface area (Å²) in [6, 6.07) is 8.44. The van der Waals surface area contributed by atoms with E-state index in [1.54, 1.807) is 0 Å². The highest BCUT2D eigenvalue weighted by atomic mass is 79.9. The van der Waals surface area contributed by atoms with Crippen molar-refractivity contribution in [3.05, 3.63) is 34.3 Å². The molecular formula is C18H27BrN2O2. The molecule has 1 aliphatic rings. The zero-order chi connectivity index (χ0) is 16.9. The number of rotatable bonds is 5. The summed E-state index contributed by atoms with van der Waals surface area (Å²) in [6.07, 6.45) is 1.88. The number of amides is 1. The van der Waals surface area contributed by atoms with Gasteiger partial charge in [-0.15, -0.1) is 0 Å². The van der Waals surface area contributed by atoms with E-state index in [-0.39, 0.29) is 6.09 Å². The lowest BCUT2D eigenvalue weighted by atomic mass is 10.1. The average Bonchev–Trinajstić information content (AvgIpc) is 2.93. The van der Waals surface area contributed by atoms with E-state index in [4.69, 9.17) is 4.74 Å². The van der Waals surface area contributed by atoms with Gasteiger partial charge in [0.05, 0.1) is 0 Å². The van der Waals surface area contributed by atoms with Gasteiger partial charge in [-0.2, -0.15) is 0 Å². The van der Waals surface area contributed by atoms with Crippen LogP contribution in [0.2, 0.25) is 0 Å². The van der Waals surface area contributed by atoms with Gasteiger partial charge in [0, 0.05) is 17.6 Å². The zero-order valence-electron chi connectivity index (χ0n) is 14.3. The summed E-state index contributed by atoms with van der Waals surface area (Å²) in [4.78, 5) is 13.9. The van der Waals surface area contributed by atoms with E-state index in [0.29, 0.717) is 5.92 Å². The third-order valence-electron chi connectivity index (χ3n) is 3.87. The van der Waals surface area contributed by atoms with E-state index >= 15 is 0 Å². The predicted octanol–water partition coefficient (Wildman–Crippen LogP) is 3.84. The van der Waals surface area contributed by atoms with Crippen LogP contribution >= 0.6 is 15.9 Å². The highest BCUT2D eigenvalue weighted by Gasteiger charge is 2.29. The van der Waals surface area contributed by atoms with Crippen molar-refractivity contribution in [2.24, 2.45) is 5.92 Å². The predicted molar refractivity (Wildman–Crippen MR) is 96.6 cm³/mol. The summed E-state index contributed by atoms with van der Waals surface area (Å²) < 4.78 is 6.54. The van der Waals surface area contributed by atoms with Gasteiger partial charge in [-0.25, -0.2) is 4.79 Å². The minimum absolute atomic E-state index is 0.185. The Morgan fingerprint density at radius 2 is 2.04 bits per heavy atom. The van der Waals surface area contributed by atoms with E-state index in [9.17, 15) is 4.79 Å². The molecule has 1 atom stereocenters. The standard InChI is InChI=1S/C18H27BrN2O2/c1-18(2,3)23-17(22)21-11-9-15(13-21)12-20-10-8-14-4-6-16(19)7-5-14/h4-7,15,20H,8-13H2,1-3H3. The molecule has 0 bridgehead atoms. The molecule has 4 nitrogen and oxygen atoms in total. The van der Waals surface area contributed by atoms with Crippen molar-refractivity contribution in [2.45, 2.75) is 39.2 Å². The Bertz CT molecular complexity index is 511. The largest absolute Gasteiger partial charge is 0.444 e. The SMILES string of the molecule is CC(C)(C)OC(=O)N1CCC(CNCCc2ccc(Br)cc2)C1. The lowest BCUT2D eigenvalue weighted by molar-refractivity contribution is 0.0288. The fourth-order valence-corrected chi connectivity index (χ4v) is 2.95. The third-order valence-corrected chi connectivity index (χ3v) is 4.40. The fourth-order valence-electron chi connectivity index (χ4n) is 2.68. The summed E-state index contributed by atoms with van der Waals surface area (Å²) in [7, 11) is 0. The zero-order valence-corrected chi connectivity index (χ0v) is 15.9. The number of carbonyl (C=O) groups is 1. The molecule has 2 rings (SSSR count). The Balaban J connectivity index is 1.64. The molecule has 1 N–H and O–H groups in total. The number of nitrogens with one attached hydrogen (secondary N) is 1. The van der Waals surface area contributed by atoms with Crippen LogP contribution in [0.25, 0.3) is 0 Å². The lowest BCUT2D eigenvalue weighted by Crippen LogP contribution is -2.36. The first-order chi connectivity index (χ1) is 10.8. The van der Waals surface area contributed by atoms with Crippen molar-refractivity contribution < 1.29 is 9.53 Å². The highest BCUT2D eigenvalue weighted by molar-refractivity contribution is 9.10. The Labute approximate surface area is 147 Å². The van der Waals surface area contributed by atoms with E-state index < -0.39 is 5.60 Å². The number of benzene rings is 1. The molecule has 128 valence electrons. The van der Waals surface area contributed by atoms with Gasteiger partial charge in [0.25, 0.3) is 0 Å². The number of nitrogens with zero attached hydrogens (tertiary/aromatic N) is 1. The van der Waals surface area contributed by atoms with E-state index in [0.717, 1.165) is 43.5 Å². The first-order valence-electron chi connectivity index (χ1n) is 8.26. The van der Waals surface area contributed by atoms with Crippen LogP contribution in [-0.4, -0.2) is 42.8 Å². The Morgan fingerprint density at radius 1 is 1.35 bits per heavy atom. The van der Waals surface area contributed by atoms with Crippen molar-refractivity contribution in [2.75, 3.05) is 26.2 Å². The van der Waals surface area contributed by atoms with Gasteiger partial charge >= 0.3 is 6.09 Å². The summed E-state index contributed by atoms with van der Waals surface area (Å²) in [5, 5.41) is 3.51. The molecule has 0 radical (unpaired) electrons. The molecule has 1 aromatic carbocycles. The molecule has 0 spiro atoms. The molecule has 1 fully saturated rings. The number of carbonyl (C=O) groups excluding carboxylic acids is 1. The smallest absolute Gasteiger partial charge is 0.410 e. The van der Waals surface area contributed by atoms with Crippen LogP contribution in [0.1, 0.15) is 32.8 Å². The molecule has 1 heterocycles. The van der Waals surface area contributed by atoms with Crippen molar-refractivity contribution in [3.63, 3.8) is 0 Å². The average molecular weight is 383 g/mol. The van der Waals surface area contributed by atoms with Crippen molar-refractivity contribution in [1.29, 1.82) is 0 Å². The molecule has 0 saturated carbocycles. The number of halogens is 1. The van der Waals surface area contributed by atoms with Crippen LogP contribution in [0.3, 0.4) is 0 Å². The van der Waals surface area contributed by atoms with E-state index in [1.807, 2.05) is 25.7 Å². The highest BCUT2D eigenvalue weighted by Crippen LogP contribution is 2.19. The first-order valence-corrected chi connectivity index (χ1v) is 9.06. The monoisotopic (exact) mass is 382 g/mol. The third kappa shape index (κ3) is 6.51. The molecule has 1 unspecified atom stereocenters. The van der Waals surface area contributed by atoms with Crippen LogP contribution < -0.4 is 5.32 Å². The molecule has 1 amide bonds. The second-order valence-corrected chi connectivity index (χ2v) is 8.08. The Kier molecular flexibility index (Phi) is 6.48. The van der Waals surface area contributed by atoms with Gasteiger partial charge < -0.3 is 15.0 Å². The maximum absolute atomic E-state index is 12.0. The summed E-state index contributed by atoms with van der Waals surface area (Å²) >= 11 is 3.45. The van der Waals surface area contributed by atoms with E-state index in [2.05, 4.69) is 45.5 Å². The molecule has 0 aliphatic carbocycles. The van der Waals surface area contributed by atoms with Crippen LogP contribution in [0.4, 0.5) is 4.79 Å². The summed E-state index contributed by atoms with van der Waals surface area (Å²) in [6.45, 7) is 9.22. The molecular weight excluding hydrogens is 356 g/mol.